The minimum Gasteiger partial charge on any atom is -0.497 e. The highest BCUT2D eigenvalue weighted by Gasteiger charge is 2.13. The Hall–Kier alpha value is -2.29. The molecule has 2 rings (SSSR count). The summed E-state index contributed by atoms with van der Waals surface area (Å²) in [6.45, 7) is 3.88. The van der Waals surface area contributed by atoms with Gasteiger partial charge in [-0.2, -0.15) is 0 Å². The number of ether oxygens (including phenoxy) is 2. The van der Waals surface area contributed by atoms with Crippen LogP contribution in [0, 0.1) is 13.8 Å². The van der Waals surface area contributed by atoms with Gasteiger partial charge < -0.3 is 9.47 Å². The first kappa shape index (κ1) is 15.1. The van der Waals surface area contributed by atoms with E-state index in [2.05, 4.69) is 0 Å². The van der Waals surface area contributed by atoms with Crippen molar-refractivity contribution in [1.82, 2.24) is 0 Å². The number of benzene rings is 2. The molecule has 110 valence electrons. The van der Waals surface area contributed by atoms with Crippen molar-refractivity contribution in [3.8, 4) is 11.5 Å². The number of rotatable bonds is 5. The van der Waals surface area contributed by atoms with Gasteiger partial charge >= 0.3 is 0 Å². The predicted molar refractivity (Wildman–Crippen MR) is 83.5 cm³/mol. The van der Waals surface area contributed by atoms with Crippen molar-refractivity contribution in [2.75, 3.05) is 14.2 Å². The zero-order valence-electron chi connectivity index (χ0n) is 12.9. The van der Waals surface area contributed by atoms with Crippen molar-refractivity contribution in [3.63, 3.8) is 0 Å². The van der Waals surface area contributed by atoms with Crippen LogP contribution in [0.1, 0.15) is 27.0 Å². The van der Waals surface area contributed by atoms with Crippen LogP contribution in [0.15, 0.2) is 36.4 Å². The van der Waals surface area contributed by atoms with Gasteiger partial charge in [0.15, 0.2) is 5.78 Å². The van der Waals surface area contributed by atoms with E-state index in [9.17, 15) is 4.79 Å². The van der Waals surface area contributed by atoms with Crippen LogP contribution in [-0.2, 0) is 6.42 Å². The Morgan fingerprint density at radius 3 is 2.43 bits per heavy atom. The van der Waals surface area contributed by atoms with Crippen LogP contribution in [-0.4, -0.2) is 20.0 Å². The largest absolute Gasteiger partial charge is 0.497 e. The van der Waals surface area contributed by atoms with Gasteiger partial charge in [-0.05, 0) is 54.8 Å². The number of hydrogen-bond donors (Lipinski definition) is 0. The molecule has 0 aliphatic rings. The van der Waals surface area contributed by atoms with Crippen LogP contribution in [0.3, 0.4) is 0 Å². The molecule has 0 N–H and O–H groups in total. The highest BCUT2D eigenvalue weighted by atomic mass is 16.5. The summed E-state index contributed by atoms with van der Waals surface area (Å²) < 4.78 is 10.5. The van der Waals surface area contributed by atoms with Crippen LogP contribution < -0.4 is 9.47 Å². The maximum absolute atomic E-state index is 12.5. The van der Waals surface area contributed by atoms with Gasteiger partial charge in [-0.1, -0.05) is 12.1 Å². The molecule has 0 amide bonds. The molecule has 0 heterocycles. The molecule has 0 saturated heterocycles. The molecule has 0 aliphatic carbocycles. The lowest BCUT2D eigenvalue weighted by molar-refractivity contribution is 0.0992. The molecule has 0 aromatic heterocycles. The van der Waals surface area contributed by atoms with Crippen LogP contribution >= 0.6 is 0 Å². The Labute approximate surface area is 125 Å². The maximum Gasteiger partial charge on any atom is 0.167 e. The van der Waals surface area contributed by atoms with E-state index in [1.807, 2.05) is 50.2 Å². The van der Waals surface area contributed by atoms with Crippen molar-refractivity contribution in [2.45, 2.75) is 20.3 Å². The molecule has 2 aromatic carbocycles. The first-order valence-electron chi connectivity index (χ1n) is 6.86. The monoisotopic (exact) mass is 284 g/mol. The average Bonchev–Trinajstić information content (AvgIpc) is 2.49. The topological polar surface area (TPSA) is 35.5 Å². The quantitative estimate of drug-likeness (QED) is 0.784. The highest BCUT2D eigenvalue weighted by molar-refractivity contribution is 5.99. The van der Waals surface area contributed by atoms with E-state index in [1.165, 1.54) is 0 Å². The standard InChI is InChI=1S/C18H20O3/c1-12-9-18(21-4)13(2)8-16(12)17(19)11-14-6-5-7-15(10-14)20-3/h5-10H,11H2,1-4H3. The van der Waals surface area contributed by atoms with Crippen LogP contribution in [0.5, 0.6) is 11.5 Å². The second-order valence-corrected chi connectivity index (χ2v) is 5.09. The molecule has 3 heteroatoms. The molecular formula is C18H20O3. The molecule has 0 saturated carbocycles. The Kier molecular flexibility index (Phi) is 4.63. The predicted octanol–water partition coefficient (Wildman–Crippen LogP) is 3.75. The fraction of sp³-hybridized carbons (Fsp3) is 0.278. The second-order valence-electron chi connectivity index (χ2n) is 5.09. The summed E-state index contributed by atoms with van der Waals surface area (Å²) in [5.41, 5.74) is 3.60. The third kappa shape index (κ3) is 3.43. The van der Waals surface area contributed by atoms with E-state index in [0.29, 0.717) is 6.42 Å². The minimum atomic E-state index is 0.103. The molecular weight excluding hydrogens is 264 g/mol. The fourth-order valence-electron chi connectivity index (χ4n) is 2.37. The van der Waals surface area contributed by atoms with Crippen molar-refractivity contribution in [2.24, 2.45) is 0 Å². The maximum atomic E-state index is 12.5. The van der Waals surface area contributed by atoms with Crippen molar-refractivity contribution >= 4 is 5.78 Å². The lowest BCUT2D eigenvalue weighted by atomic mass is 9.97. The van der Waals surface area contributed by atoms with E-state index in [-0.39, 0.29) is 5.78 Å². The number of methoxy groups -OCH3 is 2. The molecule has 0 atom stereocenters. The normalized spacial score (nSPS) is 10.3. The second kappa shape index (κ2) is 6.44. The van der Waals surface area contributed by atoms with E-state index in [1.54, 1.807) is 14.2 Å². The highest BCUT2D eigenvalue weighted by Crippen LogP contribution is 2.24. The Balaban J connectivity index is 2.26. The van der Waals surface area contributed by atoms with Gasteiger partial charge in [0, 0.05) is 12.0 Å². The van der Waals surface area contributed by atoms with Gasteiger partial charge in [-0.3, -0.25) is 4.79 Å². The van der Waals surface area contributed by atoms with Gasteiger partial charge in [0.05, 0.1) is 14.2 Å². The first-order valence-corrected chi connectivity index (χ1v) is 6.86. The SMILES string of the molecule is COc1cccc(CC(=O)c2cc(C)c(OC)cc2C)c1. The number of Topliss-reactive ketones (excluding diaryl/α,β-unsaturated/α-hetero) is 1. The Morgan fingerprint density at radius 2 is 1.76 bits per heavy atom. The average molecular weight is 284 g/mol. The molecule has 0 unspecified atom stereocenters. The number of aryl methyl sites for hydroxylation is 2. The number of ketones is 1. The molecule has 3 nitrogen and oxygen atoms in total. The summed E-state index contributed by atoms with van der Waals surface area (Å²) in [7, 11) is 3.26. The zero-order valence-corrected chi connectivity index (χ0v) is 12.9. The zero-order chi connectivity index (χ0) is 15.4. The summed E-state index contributed by atoms with van der Waals surface area (Å²) in [5.74, 6) is 1.68. The molecule has 0 radical (unpaired) electrons. The lowest BCUT2D eigenvalue weighted by Crippen LogP contribution is -2.07. The van der Waals surface area contributed by atoms with Crippen LogP contribution in [0.25, 0.3) is 0 Å². The van der Waals surface area contributed by atoms with Crippen molar-refractivity contribution in [3.05, 3.63) is 58.7 Å². The van der Waals surface area contributed by atoms with Gasteiger partial charge in [0.1, 0.15) is 11.5 Å². The summed E-state index contributed by atoms with van der Waals surface area (Å²) in [6, 6.07) is 11.4. The molecule has 21 heavy (non-hydrogen) atoms. The number of hydrogen-bond acceptors (Lipinski definition) is 3. The Morgan fingerprint density at radius 1 is 1.00 bits per heavy atom. The fourth-order valence-corrected chi connectivity index (χ4v) is 2.37. The Bertz CT molecular complexity index is 660. The van der Waals surface area contributed by atoms with E-state index in [0.717, 1.165) is 33.8 Å². The molecule has 0 bridgehead atoms. The third-order valence-corrected chi connectivity index (χ3v) is 3.54. The summed E-state index contributed by atoms with van der Waals surface area (Å²) >= 11 is 0. The van der Waals surface area contributed by atoms with E-state index >= 15 is 0 Å². The molecule has 0 fully saturated rings. The first-order chi connectivity index (χ1) is 10.0. The van der Waals surface area contributed by atoms with Gasteiger partial charge in [-0.25, -0.2) is 0 Å². The van der Waals surface area contributed by atoms with Gasteiger partial charge in [0.25, 0.3) is 0 Å². The van der Waals surface area contributed by atoms with Crippen molar-refractivity contribution in [1.29, 1.82) is 0 Å². The smallest absolute Gasteiger partial charge is 0.167 e. The van der Waals surface area contributed by atoms with Crippen molar-refractivity contribution < 1.29 is 14.3 Å². The summed E-state index contributed by atoms with van der Waals surface area (Å²) in [6.07, 6.45) is 0.365. The van der Waals surface area contributed by atoms with Crippen LogP contribution in [0.2, 0.25) is 0 Å². The molecule has 0 spiro atoms. The number of carbonyl (C=O) groups excluding carboxylic acids is 1. The van der Waals surface area contributed by atoms with Gasteiger partial charge in [-0.15, -0.1) is 0 Å². The van der Waals surface area contributed by atoms with Crippen LogP contribution in [0.4, 0.5) is 0 Å². The summed E-state index contributed by atoms with van der Waals surface area (Å²) in [5, 5.41) is 0. The molecule has 2 aromatic rings. The van der Waals surface area contributed by atoms with Gasteiger partial charge in [0.2, 0.25) is 0 Å². The lowest BCUT2D eigenvalue weighted by Gasteiger charge is -2.11. The third-order valence-electron chi connectivity index (χ3n) is 3.54. The van der Waals surface area contributed by atoms with E-state index < -0.39 is 0 Å². The van der Waals surface area contributed by atoms with E-state index in [4.69, 9.17) is 9.47 Å². The summed E-state index contributed by atoms with van der Waals surface area (Å²) in [4.78, 5) is 12.5. The minimum absolute atomic E-state index is 0.103. The molecule has 0 aliphatic heterocycles. The number of carbonyl (C=O) groups is 1.